The molecule has 2 aromatic carbocycles. The third kappa shape index (κ3) is 7.36. The number of rotatable bonds is 9. The average molecular weight is 498 g/mol. The molecule has 0 atom stereocenters. The Bertz CT molecular complexity index is 1100. The van der Waals surface area contributed by atoms with Crippen LogP contribution in [0.4, 0.5) is 4.79 Å². The van der Waals surface area contributed by atoms with Gasteiger partial charge in [0.1, 0.15) is 31.3 Å². The molecule has 0 unspecified atom stereocenters. The summed E-state index contributed by atoms with van der Waals surface area (Å²) in [5.74, 6) is 0.169. The van der Waals surface area contributed by atoms with Gasteiger partial charge >= 0.3 is 5.97 Å². The zero-order valence-electron chi connectivity index (χ0n) is 20.7. The van der Waals surface area contributed by atoms with E-state index < -0.39 is 23.7 Å². The number of amides is 2. The molecule has 186 valence electrons. The third-order valence-electron chi connectivity index (χ3n) is 5.06. The number of benzene rings is 2. The van der Waals surface area contributed by atoms with Crippen molar-refractivity contribution in [2.45, 2.75) is 46.1 Å². The molecule has 2 amide bonds. The van der Waals surface area contributed by atoms with E-state index in [-0.39, 0.29) is 16.4 Å². The molecule has 0 radical (unpaired) electrons. The lowest BCUT2D eigenvalue weighted by molar-refractivity contribution is -0.149. The number of carbonyl (C=O) groups is 3. The number of esters is 1. The Kier molecular flexibility index (Phi) is 8.62. The predicted octanol–water partition coefficient (Wildman–Crippen LogP) is 5.43. The first-order chi connectivity index (χ1) is 16.5. The van der Waals surface area contributed by atoms with Crippen molar-refractivity contribution in [3.63, 3.8) is 0 Å². The molecule has 1 aliphatic rings. The van der Waals surface area contributed by atoms with E-state index in [9.17, 15) is 14.4 Å². The van der Waals surface area contributed by atoms with Crippen molar-refractivity contribution in [1.29, 1.82) is 0 Å². The van der Waals surface area contributed by atoms with E-state index in [0.717, 1.165) is 22.4 Å². The van der Waals surface area contributed by atoms with Crippen molar-refractivity contribution >= 4 is 35.0 Å². The van der Waals surface area contributed by atoms with Gasteiger partial charge in [-0.05, 0) is 60.9 Å². The van der Waals surface area contributed by atoms with Crippen LogP contribution in [0.3, 0.4) is 0 Å². The third-order valence-corrected chi connectivity index (χ3v) is 5.97. The monoisotopic (exact) mass is 497 g/mol. The molecule has 1 heterocycles. The van der Waals surface area contributed by atoms with Gasteiger partial charge in [0.15, 0.2) is 0 Å². The van der Waals surface area contributed by atoms with E-state index in [1.54, 1.807) is 32.1 Å². The highest BCUT2D eigenvalue weighted by molar-refractivity contribution is 8.18. The van der Waals surface area contributed by atoms with Gasteiger partial charge in [-0.25, -0.2) is 0 Å². The normalized spacial score (nSPS) is 15.1. The topological polar surface area (TPSA) is 82.1 Å². The van der Waals surface area contributed by atoms with Crippen molar-refractivity contribution in [2.75, 3.05) is 19.8 Å². The lowest BCUT2D eigenvalue weighted by atomic mass is 9.87. The van der Waals surface area contributed by atoms with Crippen molar-refractivity contribution in [2.24, 2.45) is 0 Å². The standard InChI is InChI=1S/C27H31NO6S/c1-18(2)34-24(29)17-28-25(30)23(35-26(28)31)16-19-8-6-7-9-22(19)33-15-14-32-21-12-10-20(11-13-21)27(3,4)5/h6-13,16,18H,14-15,17H2,1-5H3/b23-16-. The van der Waals surface area contributed by atoms with Crippen molar-refractivity contribution in [1.82, 2.24) is 4.90 Å². The van der Waals surface area contributed by atoms with Gasteiger partial charge in [-0.1, -0.05) is 51.1 Å². The van der Waals surface area contributed by atoms with Crippen LogP contribution in [0, 0.1) is 0 Å². The molecule has 1 fully saturated rings. The predicted molar refractivity (Wildman–Crippen MR) is 136 cm³/mol. The van der Waals surface area contributed by atoms with Gasteiger partial charge in [0.05, 0.1) is 11.0 Å². The maximum absolute atomic E-state index is 12.7. The van der Waals surface area contributed by atoms with Crippen LogP contribution >= 0.6 is 11.8 Å². The lowest BCUT2D eigenvalue weighted by Crippen LogP contribution is -2.35. The second-order valence-corrected chi connectivity index (χ2v) is 10.3. The number of ether oxygens (including phenoxy) is 3. The quantitative estimate of drug-likeness (QED) is 0.260. The molecule has 0 saturated carbocycles. The van der Waals surface area contributed by atoms with Crippen LogP contribution < -0.4 is 9.47 Å². The van der Waals surface area contributed by atoms with Gasteiger partial charge in [-0.3, -0.25) is 19.3 Å². The maximum atomic E-state index is 12.7. The number of hydrogen-bond donors (Lipinski definition) is 0. The highest BCUT2D eigenvalue weighted by atomic mass is 32.2. The second kappa shape index (κ2) is 11.4. The summed E-state index contributed by atoms with van der Waals surface area (Å²) in [4.78, 5) is 38.0. The van der Waals surface area contributed by atoms with Crippen molar-refractivity contribution in [3.8, 4) is 11.5 Å². The Morgan fingerprint density at radius 3 is 2.31 bits per heavy atom. The molecule has 1 aliphatic heterocycles. The molecule has 8 heteroatoms. The number of carbonyl (C=O) groups excluding carboxylic acids is 3. The Balaban J connectivity index is 1.59. The lowest BCUT2D eigenvalue weighted by Gasteiger charge is -2.19. The molecule has 7 nitrogen and oxygen atoms in total. The number of hydrogen-bond acceptors (Lipinski definition) is 7. The van der Waals surface area contributed by atoms with Crippen molar-refractivity contribution in [3.05, 3.63) is 64.6 Å². The van der Waals surface area contributed by atoms with E-state index in [4.69, 9.17) is 14.2 Å². The second-order valence-electron chi connectivity index (χ2n) is 9.32. The van der Waals surface area contributed by atoms with Crippen LogP contribution in [0.1, 0.15) is 45.7 Å². The molecule has 0 aliphatic carbocycles. The summed E-state index contributed by atoms with van der Waals surface area (Å²) in [5.41, 5.74) is 1.96. The molecule has 0 bridgehead atoms. The van der Waals surface area contributed by atoms with Crippen LogP contribution in [0.15, 0.2) is 53.4 Å². The summed E-state index contributed by atoms with van der Waals surface area (Å²) in [6.07, 6.45) is 1.27. The van der Waals surface area contributed by atoms with E-state index in [0.29, 0.717) is 24.5 Å². The molecule has 35 heavy (non-hydrogen) atoms. The summed E-state index contributed by atoms with van der Waals surface area (Å²) < 4.78 is 16.7. The van der Waals surface area contributed by atoms with Crippen LogP contribution in [-0.2, 0) is 19.7 Å². The van der Waals surface area contributed by atoms with Gasteiger partial charge in [0.25, 0.3) is 11.1 Å². The number of thioether (sulfide) groups is 1. The summed E-state index contributed by atoms with van der Waals surface area (Å²) in [6.45, 7) is 10.1. The van der Waals surface area contributed by atoms with Gasteiger partial charge < -0.3 is 14.2 Å². The minimum absolute atomic E-state index is 0.0812. The van der Waals surface area contributed by atoms with Crippen LogP contribution in [-0.4, -0.2) is 47.9 Å². The fourth-order valence-electron chi connectivity index (χ4n) is 3.30. The zero-order valence-corrected chi connectivity index (χ0v) is 21.5. The first kappa shape index (κ1) is 26.3. The SMILES string of the molecule is CC(C)OC(=O)CN1C(=O)S/C(=C\c2ccccc2OCCOc2ccc(C(C)(C)C)cc2)C1=O. The first-order valence-corrected chi connectivity index (χ1v) is 12.3. The molecular weight excluding hydrogens is 466 g/mol. The van der Waals surface area contributed by atoms with E-state index >= 15 is 0 Å². The fraction of sp³-hybridized carbons (Fsp3) is 0.370. The Hall–Kier alpha value is -3.26. The zero-order chi connectivity index (χ0) is 25.6. The molecule has 3 rings (SSSR count). The smallest absolute Gasteiger partial charge is 0.326 e. The largest absolute Gasteiger partial charge is 0.490 e. The average Bonchev–Trinajstić information content (AvgIpc) is 3.04. The highest BCUT2D eigenvalue weighted by Gasteiger charge is 2.37. The summed E-state index contributed by atoms with van der Waals surface area (Å²) in [6, 6.07) is 15.2. The van der Waals surface area contributed by atoms with Crippen LogP contribution in [0.25, 0.3) is 6.08 Å². The minimum Gasteiger partial charge on any atom is -0.490 e. The molecular formula is C27H31NO6S. The van der Waals surface area contributed by atoms with Crippen molar-refractivity contribution < 1.29 is 28.6 Å². The molecule has 0 spiro atoms. The molecule has 2 aromatic rings. The van der Waals surface area contributed by atoms with E-state index in [1.165, 1.54) is 5.56 Å². The molecule has 0 N–H and O–H groups in total. The first-order valence-electron chi connectivity index (χ1n) is 11.4. The Morgan fingerprint density at radius 1 is 1.00 bits per heavy atom. The number of nitrogens with zero attached hydrogens (tertiary/aromatic N) is 1. The summed E-state index contributed by atoms with van der Waals surface area (Å²) in [5, 5.41) is -0.508. The van der Waals surface area contributed by atoms with Gasteiger partial charge in [0.2, 0.25) is 0 Å². The Morgan fingerprint density at radius 2 is 1.66 bits per heavy atom. The highest BCUT2D eigenvalue weighted by Crippen LogP contribution is 2.34. The van der Waals surface area contributed by atoms with Gasteiger partial charge in [0, 0.05) is 5.56 Å². The van der Waals surface area contributed by atoms with Gasteiger partial charge in [-0.2, -0.15) is 0 Å². The minimum atomic E-state index is -0.625. The number of para-hydroxylation sites is 1. The van der Waals surface area contributed by atoms with Crippen LogP contribution in [0.2, 0.25) is 0 Å². The van der Waals surface area contributed by atoms with E-state index in [1.807, 2.05) is 24.3 Å². The van der Waals surface area contributed by atoms with E-state index in [2.05, 4.69) is 32.9 Å². The summed E-state index contributed by atoms with van der Waals surface area (Å²) in [7, 11) is 0. The summed E-state index contributed by atoms with van der Waals surface area (Å²) >= 11 is 0.785. The van der Waals surface area contributed by atoms with Gasteiger partial charge in [-0.15, -0.1) is 0 Å². The maximum Gasteiger partial charge on any atom is 0.326 e. The molecule has 0 aromatic heterocycles. The fourth-order valence-corrected chi connectivity index (χ4v) is 4.13. The molecule has 1 saturated heterocycles. The Labute approximate surface area is 210 Å². The van der Waals surface area contributed by atoms with Crippen LogP contribution in [0.5, 0.6) is 11.5 Å². The number of imide groups is 1.